The first-order valence-corrected chi connectivity index (χ1v) is 9.02. The lowest BCUT2D eigenvalue weighted by Gasteiger charge is -2.13. The van der Waals surface area contributed by atoms with Gasteiger partial charge in [0.25, 0.3) is 0 Å². The molecule has 0 heterocycles. The molecule has 0 bridgehead atoms. The summed E-state index contributed by atoms with van der Waals surface area (Å²) in [4.78, 5) is 12.6. The van der Waals surface area contributed by atoms with Crippen molar-refractivity contribution in [2.24, 2.45) is 0 Å². The smallest absolute Gasteiger partial charge is 0.203 e. The van der Waals surface area contributed by atoms with Gasteiger partial charge in [-0.1, -0.05) is 25.5 Å². The van der Waals surface area contributed by atoms with Crippen molar-refractivity contribution in [3.8, 4) is 28.7 Å². The average molecular weight is 386 g/mol. The predicted octanol–water partition coefficient (Wildman–Crippen LogP) is 4.49. The largest absolute Gasteiger partial charge is 0.504 e. The van der Waals surface area contributed by atoms with E-state index in [2.05, 4.69) is 6.92 Å². The van der Waals surface area contributed by atoms with Crippen LogP contribution in [0.15, 0.2) is 36.4 Å². The lowest BCUT2D eigenvalue weighted by atomic mass is 10.1. The number of phenolic OH excluding ortho intramolecular Hbond substituents is 1. The summed E-state index contributed by atoms with van der Waals surface area (Å²) in [6.07, 6.45) is 4.99. The monoisotopic (exact) mass is 386 g/mol. The molecule has 6 nitrogen and oxygen atoms in total. The minimum atomic E-state index is -0.234. The van der Waals surface area contributed by atoms with Crippen LogP contribution in [0.4, 0.5) is 0 Å². The normalized spacial score (nSPS) is 10.7. The maximum atomic E-state index is 12.6. The average Bonchev–Trinajstić information content (AvgIpc) is 2.72. The number of ether oxygens (including phenoxy) is 4. The second kappa shape index (κ2) is 10.3. The first kappa shape index (κ1) is 21.2. The van der Waals surface area contributed by atoms with Crippen LogP contribution in [0, 0.1) is 0 Å². The van der Waals surface area contributed by atoms with E-state index in [1.165, 1.54) is 27.4 Å². The number of allylic oxidation sites excluding steroid dienone is 1. The van der Waals surface area contributed by atoms with Gasteiger partial charge in [-0.15, -0.1) is 0 Å². The minimum absolute atomic E-state index is 0.0403. The number of carbonyl (C=O) groups is 1. The van der Waals surface area contributed by atoms with Gasteiger partial charge < -0.3 is 24.1 Å². The van der Waals surface area contributed by atoms with Crippen molar-refractivity contribution in [2.75, 3.05) is 27.9 Å². The van der Waals surface area contributed by atoms with Gasteiger partial charge in [-0.2, -0.15) is 0 Å². The zero-order valence-electron chi connectivity index (χ0n) is 16.7. The van der Waals surface area contributed by atoms with Crippen molar-refractivity contribution >= 4 is 11.9 Å². The number of aromatic hydroxyl groups is 1. The molecule has 2 aromatic carbocycles. The van der Waals surface area contributed by atoms with E-state index in [0.717, 1.165) is 12.8 Å². The third-order valence-corrected chi connectivity index (χ3v) is 4.11. The van der Waals surface area contributed by atoms with E-state index in [0.29, 0.717) is 40.7 Å². The predicted molar refractivity (Wildman–Crippen MR) is 108 cm³/mol. The quantitative estimate of drug-likeness (QED) is 0.368. The van der Waals surface area contributed by atoms with Crippen LogP contribution in [0.2, 0.25) is 0 Å². The number of hydrogen-bond donors (Lipinski definition) is 1. The summed E-state index contributed by atoms with van der Waals surface area (Å²) in [6, 6.07) is 8.21. The first-order valence-electron chi connectivity index (χ1n) is 9.02. The fourth-order valence-electron chi connectivity index (χ4n) is 2.58. The zero-order valence-corrected chi connectivity index (χ0v) is 16.7. The van der Waals surface area contributed by atoms with E-state index < -0.39 is 0 Å². The Balaban J connectivity index is 2.18. The van der Waals surface area contributed by atoms with Gasteiger partial charge >= 0.3 is 0 Å². The summed E-state index contributed by atoms with van der Waals surface area (Å²) in [7, 11) is 4.49. The van der Waals surface area contributed by atoms with Gasteiger partial charge in [-0.3, -0.25) is 4.79 Å². The van der Waals surface area contributed by atoms with Crippen LogP contribution in [-0.4, -0.2) is 38.8 Å². The summed E-state index contributed by atoms with van der Waals surface area (Å²) in [6.45, 7) is 2.63. The molecular weight excluding hydrogens is 360 g/mol. The van der Waals surface area contributed by atoms with Crippen LogP contribution in [0.1, 0.15) is 35.7 Å². The van der Waals surface area contributed by atoms with E-state index in [-0.39, 0.29) is 11.5 Å². The third-order valence-electron chi connectivity index (χ3n) is 4.11. The van der Waals surface area contributed by atoms with Crippen LogP contribution in [0.3, 0.4) is 0 Å². The molecule has 0 spiro atoms. The Labute approximate surface area is 165 Å². The van der Waals surface area contributed by atoms with Gasteiger partial charge in [0, 0.05) is 5.56 Å². The summed E-state index contributed by atoms with van der Waals surface area (Å²) in [5.41, 5.74) is 1.08. The summed E-state index contributed by atoms with van der Waals surface area (Å²) >= 11 is 0. The number of unbranched alkanes of at least 4 members (excludes halogenated alkanes) is 1. The Morgan fingerprint density at radius 1 is 1.00 bits per heavy atom. The number of methoxy groups -OCH3 is 3. The maximum Gasteiger partial charge on any atom is 0.203 e. The highest BCUT2D eigenvalue weighted by Gasteiger charge is 2.15. The van der Waals surface area contributed by atoms with Gasteiger partial charge in [0.1, 0.15) is 0 Å². The second-order valence-corrected chi connectivity index (χ2v) is 6.04. The van der Waals surface area contributed by atoms with Crippen molar-refractivity contribution in [3.63, 3.8) is 0 Å². The number of ketones is 1. The molecule has 2 rings (SSSR count). The molecule has 0 saturated carbocycles. The van der Waals surface area contributed by atoms with Crippen LogP contribution < -0.4 is 18.9 Å². The molecule has 0 atom stereocenters. The fraction of sp³-hybridized carbons (Fsp3) is 0.318. The van der Waals surface area contributed by atoms with Crippen molar-refractivity contribution in [1.82, 2.24) is 0 Å². The van der Waals surface area contributed by atoms with Crippen LogP contribution in [0.25, 0.3) is 6.08 Å². The fourth-order valence-corrected chi connectivity index (χ4v) is 2.58. The highest BCUT2D eigenvalue weighted by Crippen LogP contribution is 2.38. The molecule has 0 aromatic heterocycles. The molecule has 0 amide bonds. The summed E-state index contributed by atoms with van der Waals surface area (Å²) < 4.78 is 21.3. The lowest BCUT2D eigenvalue weighted by molar-refractivity contribution is 0.104. The molecule has 0 unspecified atom stereocenters. The molecule has 2 aromatic rings. The van der Waals surface area contributed by atoms with Crippen LogP contribution in [0.5, 0.6) is 28.7 Å². The highest BCUT2D eigenvalue weighted by molar-refractivity contribution is 6.07. The Morgan fingerprint density at radius 3 is 2.21 bits per heavy atom. The Morgan fingerprint density at radius 2 is 1.68 bits per heavy atom. The van der Waals surface area contributed by atoms with Crippen molar-refractivity contribution in [1.29, 1.82) is 0 Å². The molecule has 0 fully saturated rings. The van der Waals surface area contributed by atoms with Crippen molar-refractivity contribution in [3.05, 3.63) is 47.5 Å². The summed E-state index contributed by atoms with van der Waals surface area (Å²) in [5, 5.41) is 10.1. The zero-order chi connectivity index (χ0) is 20.5. The molecule has 0 aliphatic heterocycles. The molecule has 0 saturated heterocycles. The number of rotatable bonds is 10. The molecule has 28 heavy (non-hydrogen) atoms. The Hall–Kier alpha value is -3.15. The van der Waals surface area contributed by atoms with Gasteiger partial charge in [0.15, 0.2) is 28.8 Å². The summed E-state index contributed by atoms with van der Waals surface area (Å²) in [5.74, 6) is 1.48. The highest BCUT2D eigenvalue weighted by atomic mass is 16.5. The lowest BCUT2D eigenvalue weighted by Crippen LogP contribution is -2.00. The molecule has 1 N–H and O–H groups in total. The third kappa shape index (κ3) is 5.19. The molecule has 150 valence electrons. The van der Waals surface area contributed by atoms with Crippen molar-refractivity contribution in [2.45, 2.75) is 19.8 Å². The minimum Gasteiger partial charge on any atom is -0.504 e. The Bertz CT molecular complexity index is 816. The number of benzene rings is 2. The van der Waals surface area contributed by atoms with E-state index in [9.17, 15) is 9.90 Å². The van der Waals surface area contributed by atoms with Crippen LogP contribution in [-0.2, 0) is 0 Å². The first-order chi connectivity index (χ1) is 13.5. The molecule has 0 aliphatic rings. The molecule has 0 aliphatic carbocycles. The van der Waals surface area contributed by atoms with Gasteiger partial charge in [-0.25, -0.2) is 0 Å². The van der Waals surface area contributed by atoms with E-state index in [1.54, 1.807) is 36.4 Å². The maximum absolute atomic E-state index is 12.6. The van der Waals surface area contributed by atoms with E-state index in [4.69, 9.17) is 18.9 Å². The molecular formula is C22H26O6. The van der Waals surface area contributed by atoms with E-state index >= 15 is 0 Å². The number of hydrogen-bond acceptors (Lipinski definition) is 6. The van der Waals surface area contributed by atoms with Gasteiger partial charge in [0.05, 0.1) is 27.9 Å². The van der Waals surface area contributed by atoms with Crippen LogP contribution >= 0.6 is 0 Å². The second-order valence-electron chi connectivity index (χ2n) is 6.04. The van der Waals surface area contributed by atoms with E-state index in [1.807, 2.05) is 0 Å². The molecule has 6 heteroatoms. The van der Waals surface area contributed by atoms with Crippen molar-refractivity contribution < 1.29 is 28.8 Å². The standard InChI is InChI=1S/C22H26O6/c1-5-6-11-28-19-10-8-15(12-18(19)24)7-9-17(23)16-13-20(25-2)22(27-4)21(14-16)26-3/h7-10,12-14,24H,5-6,11H2,1-4H3/b9-7+. The SMILES string of the molecule is CCCCOc1ccc(/C=C/C(=O)c2cc(OC)c(OC)c(OC)c2)cc1O. The number of phenols is 1. The number of carbonyl (C=O) groups excluding carboxylic acids is 1. The van der Waals surface area contributed by atoms with Gasteiger partial charge in [-0.05, 0) is 42.3 Å². The molecule has 0 radical (unpaired) electrons. The Kier molecular flexibility index (Phi) is 7.75. The topological polar surface area (TPSA) is 74.2 Å². The van der Waals surface area contributed by atoms with Gasteiger partial charge in [0.2, 0.25) is 5.75 Å².